The highest BCUT2D eigenvalue weighted by Crippen LogP contribution is 2.24. The minimum absolute atomic E-state index is 0.0710. The lowest BCUT2D eigenvalue weighted by Gasteiger charge is -2.34. The van der Waals surface area contributed by atoms with Crippen molar-refractivity contribution in [3.63, 3.8) is 0 Å². The SMILES string of the molecule is C[C@@H]1NCCC[C@H]1C(=O)N1CCC[C@H]1CO. The Morgan fingerprint density at radius 1 is 1.44 bits per heavy atom. The number of rotatable bonds is 2. The van der Waals surface area contributed by atoms with Crippen molar-refractivity contribution in [2.45, 2.75) is 44.7 Å². The Bertz CT molecular complexity index is 253. The Morgan fingerprint density at radius 2 is 2.25 bits per heavy atom. The van der Waals surface area contributed by atoms with E-state index in [0.717, 1.165) is 38.8 Å². The molecule has 0 saturated carbocycles. The van der Waals surface area contributed by atoms with Crippen LogP contribution in [0.5, 0.6) is 0 Å². The zero-order valence-electron chi connectivity index (χ0n) is 9.98. The molecular weight excluding hydrogens is 204 g/mol. The summed E-state index contributed by atoms with van der Waals surface area (Å²) in [6.07, 6.45) is 4.06. The largest absolute Gasteiger partial charge is 0.394 e. The number of aliphatic hydroxyl groups is 1. The molecule has 0 aliphatic carbocycles. The van der Waals surface area contributed by atoms with Crippen LogP contribution in [0, 0.1) is 5.92 Å². The van der Waals surface area contributed by atoms with Crippen molar-refractivity contribution in [1.29, 1.82) is 0 Å². The number of aliphatic hydroxyl groups excluding tert-OH is 1. The van der Waals surface area contributed by atoms with Crippen molar-refractivity contribution in [1.82, 2.24) is 10.2 Å². The second-order valence-electron chi connectivity index (χ2n) is 5.00. The number of nitrogens with zero attached hydrogens (tertiary/aromatic N) is 1. The fourth-order valence-electron chi connectivity index (χ4n) is 2.91. The molecule has 0 bridgehead atoms. The van der Waals surface area contributed by atoms with Crippen LogP contribution in [0.15, 0.2) is 0 Å². The van der Waals surface area contributed by atoms with Gasteiger partial charge in [0.25, 0.3) is 0 Å². The van der Waals surface area contributed by atoms with E-state index in [4.69, 9.17) is 0 Å². The van der Waals surface area contributed by atoms with E-state index >= 15 is 0 Å². The monoisotopic (exact) mass is 226 g/mol. The first-order valence-corrected chi connectivity index (χ1v) is 6.38. The van der Waals surface area contributed by atoms with Gasteiger partial charge < -0.3 is 15.3 Å². The van der Waals surface area contributed by atoms with E-state index in [1.165, 1.54) is 0 Å². The van der Waals surface area contributed by atoms with Crippen LogP contribution in [0.1, 0.15) is 32.6 Å². The molecule has 0 aromatic heterocycles. The van der Waals surface area contributed by atoms with Crippen LogP contribution < -0.4 is 5.32 Å². The van der Waals surface area contributed by atoms with Gasteiger partial charge in [-0.3, -0.25) is 4.79 Å². The van der Waals surface area contributed by atoms with Gasteiger partial charge in [-0.15, -0.1) is 0 Å². The number of hydrogen-bond acceptors (Lipinski definition) is 3. The molecule has 2 aliphatic rings. The predicted octanol–water partition coefficient (Wildman–Crippen LogP) is 0.358. The lowest BCUT2D eigenvalue weighted by molar-refractivity contribution is -0.138. The zero-order chi connectivity index (χ0) is 11.5. The smallest absolute Gasteiger partial charge is 0.227 e. The zero-order valence-corrected chi connectivity index (χ0v) is 9.98. The summed E-state index contributed by atoms with van der Waals surface area (Å²) >= 11 is 0. The van der Waals surface area contributed by atoms with Crippen molar-refractivity contribution < 1.29 is 9.90 Å². The van der Waals surface area contributed by atoms with Crippen LogP contribution in [0.25, 0.3) is 0 Å². The molecule has 0 unspecified atom stereocenters. The first-order valence-electron chi connectivity index (χ1n) is 6.38. The second-order valence-corrected chi connectivity index (χ2v) is 5.00. The lowest BCUT2D eigenvalue weighted by Crippen LogP contribution is -2.50. The van der Waals surface area contributed by atoms with E-state index < -0.39 is 0 Å². The minimum atomic E-state index is 0.0710. The number of piperidine rings is 1. The summed E-state index contributed by atoms with van der Waals surface area (Å²) in [5.74, 6) is 0.358. The third-order valence-corrected chi connectivity index (χ3v) is 3.95. The first kappa shape index (κ1) is 11.9. The fourth-order valence-corrected chi connectivity index (χ4v) is 2.91. The maximum Gasteiger partial charge on any atom is 0.227 e. The molecule has 3 atom stereocenters. The highest BCUT2D eigenvalue weighted by atomic mass is 16.3. The van der Waals surface area contributed by atoms with E-state index in [0.29, 0.717) is 0 Å². The molecule has 2 N–H and O–H groups in total. The van der Waals surface area contributed by atoms with Gasteiger partial charge in [0.15, 0.2) is 0 Å². The Balaban J connectivity index is 2.00. The number of nitrogens with one attached hydrogen (secondary N) is 1. The van der Waals surface area contributed by atoms with Gasteiger partial charge in [0.2, 0.25) is 5.91 Å². The molecule has 2 rings (SSSR count). The van der Waals surface area contributed by atoms with Crippen LogP contribution in [-0.2, 0) is 4.79 Å². The molecule has 0 aromatic rings. The van der Waals surface area contributed by atoms with Crippen LogP contribution >= 0.6 is 0 Å². The predicted molar refractivity (Wildman–Crippen MR) is 62.0 cm³/mol. The van der Waals surface area contributed by atoms with Gasteiger partial charge in [-0.1, -0.05) is 0 Å². The highest BCUT2D eigenvalue weighted by molar-refractivity contribution is 5.80. The molecule has 4 heteroatoms. The number of hydrogen-bond donors (Lipinski definition) is 2. The lowest BCUT2D eigenvalue weighted by atomic mass is 9.90. The van der Waals surface area contributed by atoms with Crippen LogP contribution in [-0.4, -0.2) is 47.7 Å². The van der Waals surface area contributed by atoms with Gasteiger partial charge in [-0.25, -0.2) is 0 Å². The standard InChI is InChI=1S/C12H22N2O2/c1-9-11(5-2-6-13-9)12(16)14-7-3-4-10(14)8-15/h9-11,13,15H,2-8H2,1H3/t9-,10-,11+/m0/s1. The maximum atomic E-state index is 12.4. The Hall–Kier alpha value is -0.610. The second kappa shape index (κ2) is 5.15. The summed E-state index contributed by atoms with van der Waals surface area (Å²) in [5, 5.41) is 12.6. The summed E-state index contributed by atoms with van der Waals surface area (Å²) in [5.41, 5.74) is 0. The normalized spacial score (nSPS) is 35.4. The van der Waals surface area contributed by atoms with Gasteiger partial charge in [0.1, 0.15) is 0 Å². The summed E-state index contributed by atoms with van der Waals surface area (Å²) in [6.45, 7) is 4.05. The van der Waals surface area contributed by atoms with E-state index in [2.05, 4.69) is 12.2 Å². The number of carbonyl (C=O) groups is 1. The molecule has 2 saturated heterocycles. The van der Waals surface area contributed by atoms with Crippen molar-refractivity contribution in [2.75, 3.05) is 19.7 Å². The molecule has 2 aliphatic heterocycles. The van der Waals surface area contributed by atoms with Gasteiger partial charge in [0, 0.05) is 12.6 Å². The van der Waals surface area contributed by atoms with Crippen LogP contribution in [0.3, 0.4) is 0 Å². The molecule has 92 valence electrons. The molecule has 0 radical (unpaired) electrons. The number of amides is 1. The van der Waals surface area contributed by atoms with Crippen molar-refractivity contribution in [3.05, 3.63) is 0 Å². The molecule has 16 heavy (non-hydrogen) atoms. The molecule has 0 aromatic carbocycles. The topological polar surface area (TPSA) is 52.6 Å². The quantitative estimate of drug-likeness (QED) is 0.715. The van der Waals surface area contributed by atoms with Crippen LogP contribution in [0.4, 0.5) is 0 Å². The molecule has 2 fully saturated rings. The third-order valence-electron chi connectivity index (χ3n) is 3.95. The fraction of sp³-hybridized carbons (Fsp3) is 0.917. The third kappa shape index (κ3) is 2.23. The van der Waals surface area contributed by atoms with E-state index in [-0.39, 0.29) is 30.5 Å². The average Bonchev–Trinajstić information content (AvgIpc) is 2.77. The van der Waals surface area contributed by atoms with E-state index in [9.17, 15) is 9.90 Å². The van der Waals surface area contributed by atoms with Crippen molar-refractivity contribution in [2.24, 2.45) is 5.92 Å². The summed E-state index contributed by atoms with van der Waals surface area (Å²) in [4.78, 5) is 14.3. The number of carbonyl (C=O) groups excluding carboxylic acids is 1. The average molecular weight is 226 g/mol. The summed E-state index contributed by atoms with van der Waals surface area (Å²) < 4.78 is 0. The Kier molecular flexibility index (Phi) is 3.82. The molecule has 1 amide bonds. The van der Waals surface area contributed by atoms with Gasteiger partial charge in [0.05, 0.1) is 18.6 Å². The van der Waals surface area contributed by atoms with Gasteiger partial charge in [-0.05, 0) is 39.2 Å². The van der Waals surface area contributed by atoms with E-state index in [1.54, 1.807) is 0 Å². The van der Waals surface area contributed by atoms with Crippen molar-refractivity contribution >= 4 is 5.91 Å². The molecule has 4 nitrogen and oxygen atoms in total. The van der Waals surface area contributed by atoms with Gasteiger partial charge >= 0.3 is 0 Å². The maximum absolute atomic E-state index is 12.4. The van der Waals surface area contributed by atoms with Crippen molar-refractivity contribution in [3.8, 4) is 0 Å². The minimum Gasteiger partial charge on any atom is -0.394 e. The number of likely N-dealkylation sites (tertiary alicyclic amines) is 1. The molecule has 0 spiro atoms. The molecular formula is C12H22N2O2. The van der Waals surface area contributed by atoms with Crippen LogP contribution in [0.2, 0.25) is 0 Å². The molecule has 2 heterocycles. The Labute approximate surface area is 97.0 Å². The summed E-state index contributed by atoms with van der Waals surface area (Å²) in [6, 6.07) is 0.350. The first-order chi connectivity index (χ1) is 7.74. The van der Waals surface area contributed by atoms with Gasteiger partial charge in [-0.2, -0.15) is 0 Å². The van der Waals surface area contributed by atoms with E-state index in [1.807, 2.05) is 4.90 Å². The summed E-state index contributed by atoms with van der Waals surface area (Å²) in [7, 11) is 0. The highest BCUT2D eigenvalue weighted by Gasteiger charge is 2.35. The Morgan fingerprint density at radius 3 is 2.94 bits per heavy atom.